The Morgan fingerprint density at radius 3 is 2.17 bits per heavy atom. The van der Waals surface area contributed by atoms with Gasteiger partial charge < -0.3 is 10.4 Å². The predicted molar refractivity (Wildman–Crippen MR) is 126 cm³/mol. The van der Waals surface area contributed by atoms with Gasteiger partial charge in [-0.15, -0.1) is 0 Å². The number of alkyl halides is 7. The molecule has 1 amide bonds. The molecule has 1 fully saturated rings. The molecule has 2 aliphatic rings. The maximum atomic E-state index is 14.8. The van der Waals surface area contributed by atoms with E-state index in [4.69, 9.17) is 0 Å². The van der Waals surface area contributed by atoms with E-state index in [1.165, 1.54) is 6.92 Å². The number of halogens is 8. The Labute approximate surface area is 224 Å². The average Bonchev–Trinajstić information content (AvgIpc) is 3.27. The number of aliphatic hydroxyl groups excluding tert-OH is 1. The zero-order valence-corrected chi connectivity index (χ0v) is 21.7. The number of hydrogen-bond donors (Lipinski definition) is 2. The number of rotatable bonds is 6. The largest absolute Gasteiger partial charge is 0.435 e. The van der Waals surface area contributed by atoms with Crippen LogP contribution in [0.15, 0.2) is 47.4 Å². The molecule has 0 heterocycles. The Bertz CT molecular complexity index is 1370. The van der Waals surface area contributed by atoms with Crippen molar-refractivity contribution >= 4 is 15.7 Å². The second-order valence-electron chi connectivity index (χ2n) is 10.3. The van der Waals surface area contributed by atoms with Crippen LogP contribution in [0.3, 0.4) is 0 Å². The summed E-state index contributed by atoms with van der Waals surface area (Å²) in [5.41, 5.74) is -7.79. The Morgan fingerprint density at radius 1 is 1.02 bits per heavy atom. The minimum atomic E-state index is -6.35. The van der Waals surface area contributed by atoms with Crippen LogP contribution in [0, 0.1) is 17.7 Å². The lowest BCUT2D eigenvalue weighted by molar-refractivity contribution is -0.348. The van der Waals surface area contributed by atoms with Crippen molar-refractivity contribution in [3.63, 3.8) is 0 Å². The molecule has 2 aliphatic carbocycles. The predicted octanol–water partition coefficient (Wildman–Crippen LogP) is 5.25. The number of sulfone groups is 1. The number of carbonyl (C=O) groups excluding carboxylic acids is 1. The van der Waals surface area contributed by atoms with E-state index in [-0.39, 0.29) is 54.3 Å². The van der Waals surface area contributed by atoms with E-state index in [0.717, 1.165) is 30.3 Å². The molecular weight excluding hydrogens is 574 g/mol. The first-order chi connectivity index (χ1) is 18.4. The highest BCUT2D eigenvalue weighted by Gasteiger charge is 2.73. The van der Waals surface area contributed by atoms with Gasteiger partial charge in [0.2, 0.25) is 5.91 Å². The second kappa shape index (κ2) is 9.97. The van der Waals surface area contributed by atoms with Gasteiger partial charge in [0.05, 0.1) is 11.0 Å². The molecule has 5 nitrogen and oxygen atoms in total. The molecule has 2 aromatic rings. The molecule has 0 aromatic heterocycles. The summed E-state index contributed by atoms with van der Waals surface area (Å²) in [6.07, 6.45) is -14.2. The van der Waals surface area contributed by atoms with E-state index in [1.807, 2.05) is 0 Å². The van der Waals surface area contributed by atoms with Crippen LogP contribution in [0.5, 0.6) is 0 Å². The summed E-state index contributed by atoms with van der Waals surface area (Å²) in [7, 11) is -4.53. The molecular formula is C26H25F8NO4S. The summed E-state index contributed by atoms with van der Waals surface area (Å²) in [4.78, 5) is 12.7. The molecule has 2 aromatic carbocycles. The van der Waals surface area contributed by atoms with Gasteiger partial charge in [-0.05, 0) is 73.9 Å². The van der Waals surface area contributed by atoms with Crippen LogP contribution in [0.4, 0.5) is 35.1 Å². The summed E-state index contributed by atoms with van der Waals surface area (Å²) < 4.78 is 135. The normalized spacial score (nSPS) is 24.2. The summed E-state index contributed by atoms with van der Waals surface area (Å²) in [5, 5.41) is 12.1. The van der Waals surface area contributed by atoms with Gasteiger partial charge in [0.25, 0.3) is 0 Å². The van der Waals surface area contributed by atoms with Crippen LogP contribution in [0.25, 0.3) is 0 Å². The molecule has 2 N–H and O–H groups in total. The number of benzene rings is 2. The first kappa shape index (κ1) is 30.2. The Kier molecular flexibility index (Phi) is 7.53. The second-order valence-corrected chi connectivity index (χ2v) is 12.5. The zero-order valence-electron chi connectivity index (χ0n) is 20.9. The van der Waals surface area contributed by atoms with E-state index < -0.39 is 67.8 Å². The number of amides is 1. The van der Waals surface area contributed by atoms with Crippen LogP contribution in [-0.4, -0.2) is 44.4 Å². The summed E-state index contributed by atoms with van der Waals surface area (Å²) in [6, 6.07) is 5.19. The molecule has 0 saturated heterocycles. The van der Waals surface area contributed by atoms with Gasteiger partial charge in [0.15, 0.2) is 9.84 Å². The monoisotopic (exact) mass is 599 g/mol. The molecule has 1 saturated carbocycles. The number of carbonyl (C=O) groups is 1. The first-order valence-electron chi connectivity index (χ1n) is 12.3. The highest BCUT2D eigenvalue weighted by molar-refractivity contribution is 7.92. The van der Waals surface area contributed by atoms with Gasteiger partial charge in [-0.2, -0.15) is 26.3 Å². The molecule has 0 radical (unpaired) electrons. The van der Waals surface area contributed by atoms with Crippen molar-refractivity contribution in [1.29, 1.82) is 0 Å². The number of aliphatic hydroxyl groups is 1. The van der Waals surface area contributed by atoms with E-state index in [0.29, 0.717) is 6.07 Å². The zero-order chi connectivity index (χ0) is 29.9. The van der Waals surface area contributed by atoms with Crippen molar-refractivity contribution in [2.75, 3.05) is 6.54 Å². The molecule has 0 aliphatic heterocycles. The van der Waals surface area contributed by atoms with Gasteiger partial charge in [-0.25, -0.2) is 17.2 Å². The number of nitrogens with one attached hydrogen (secondary N) is 1. The Morgan fingerprint density at radius 2 is 1.62 bits per heavy atom. The van der Waals surface area contributed by atoms with Crippen molar-refractivity contribution in [3.8, 4) is 0 Å². The summed E-state index contributed by atoms with van der Waals surface area (Å²) >= 11 is 0. The van der Waals surface area contributed by atoms with Gasteiger partial charge in [0.1, 0.15) is 10.6 Å². The van der Waals surface area contributed by atoms with Crippen LogP contribution < -0.4 is 5.32 Å². The first-order valence-corrected chi connectivity index (χ1v) is 13.8. The van der Waals surface area contributed by atoms with Gasteiger partial charge in [-0.3, -0.25) is 4.79 Å². The maximum absolute atomic E-state index is 14.8. The smallest absolute Gasteiger partial charge is 0.392 e. The molecule has 220 valence electrons. The lowest BCUT2D eigenvalue weighted by Crippen LogP contribution is -2.51. The maximum Gasteiger partial charge on any atom is 0.435 e. The molecule has 0 bridgehead atoms. The molecule has 40 heavy (non-hydrogen) atoms. The fourth-order valence-corrected chi connectivity index (χ4v) is 8.54. The van der Waals surface area contributed by atoms with Crippen molar-refractivity contribution in [3.05, 3.63) is 65.0 Å². The van der Waals surface area contributed by atoms with Gasteiger partial charge >= 0.3 is 18.0 Å². The molecule has 0 spiro atoms. The number of fused-ring (bicyclic) bond motifs is 3. The highest BCUT2D eigenvalue weighted by Crippen LogP contribution is 2.60. The van der Waals surface area contributed by atoms with E-state index in [2.05, 4.69) is 5.32 Å². The average molecular weight is 600 g/mol. The Balaban J connectivity index is 1.91. The van der Waals surface area contributed by atoms with E-state index >= 15 is 0 Å². The van der Waals surface area contributed by atoms with Crippen molar-refractivity contribution in [2.45, 2.75) is 66.4 Å². The van der Waals surface area contributed by atoms with Gasteiger partial charge in [-0.1, -0.05) is 18.2 Å². The summed E-state index contributed by atoms with van der Waals surface area (Å²) in [5.74, 6) is -3.20. The van der Waals surface area contributed by atoms with E-state index in [9.17, 15) is 53.4 Å². The summed E-state index contributed by atoms with van der Waals surface area (Å²) in [6.45, 7) is 1.28. The third kappa shape index (κ3) is 4.56. The minimum Gasteiger partial charge on any atom is -0.392 e. The standard InChI is InChI=1S/C26H25F8NO4S/c1-14(36)13-35-22(37)19-10-11-23(40(38,39)18-6-4-17(27)5-7-18)20-9-3-16(12-15(20)2-8-21(19)23)24(28,25(29,30)31)26(32,33)34/h3-7,9,12,14,19,21,36H,2,8,10-11,13H2,1H3,(H,35,37)/t14-,19-,21+,23-/m1/s1. The van der Waals surface area contributed by atoms with Crippen LogP contribution >= 0.6 is 0 Å². The van der Waals surface area contributed by atoms with Crippen molar-refractivity contribution in [2.24, 2.45) is 11.8 Å². The minimum absolute atomic E-state index is 0.00389. The number of hydrogen-bond acceptors (Lipinski definition) is 4. The fourth-order valence-electron chi connectivity index (χ4n) is 6.07. The lowest BCUT2D eigenvalue weighted by atomic mass is 9.72. The third-order valence-corrected chi connectivity index (χ3v) is 10.5. The van der Waals surface area contributed by atoms with Crippen LogP contribution in [0.2, 0.25) is 0 Å². The molecule has 4 rings (SSSR count). The fraction of sp³-hybridized carbons (Fsp3) is 0.500. The van der Waals surface area contributed by atoms with Crippen molar-refractivity contribution in [1.82, 2.24) is 5.32 Å². The topological polar surface area (TPSA) is 83.5 Å². The van der Waals surface area contributed by atoms with E-state index in [1.54, 1.807) is 0 Å². The van der Waals surface area contributed by atoms with Crippen LogP contribution in [-0.2, 0) is 31.5 Å². The van der Waals surface area contributed by atoms with Crippen molar-refractivity contribution < 1.29 is 53.4 Å². The highest BCUT2D eigenvalue weighted by atomic mass is 32.2. The number of aryl methyl sites for hydroxylation is 1. The molecule has 0 unspecified atom stereocenters. The molecule has 14 heteroatoms. The quantitative estimate of drug-likeness (QED) is 0.351. The third-order valence-electron chi connectivity index (χ3n) is 7.89. The van der Waals surface area contributed by atoms with Gasteiger partial charge in [0, 0.05) is 18.0 Å². The SMILES string of the molecule is C[C@@H](O)CNC(=O)[C@@H]1CC[C@@]2(S(=O)(=O)c3ccc(F)cc3)c3ccc(C(F)(C(F)(F)F)C(F)(F)F)cc3CC[C@@H]12. The molecule has 4 atom stereocenters. The lowest BCUT2D eigenvalue weighted by Gasteiger charge is -2.42. The van der Waals surface area contributed by atoms with Crippen LogP contribution in [0.1, 0.15) is 42.9 Å². The Hall–Kier alpha value is -2.74.